The number of nitrogens with two attached hydrogens (primary N) is 1. The molecule has 0 spiro atoms. The Hall–Kier alpha value is -0.430. The Morgan fingerprint density at radius 2 is 1.68 bits per heavy atom. The Morgan fingerprint density at radius 3 is 2.21 bits per heavy atom. The van der Waals surface area contributed by atoms with Crippen molar-refractivity contribution in [1.29, 1.82) is 0 Å². The molecule has 0 heterocycles. The van der Waals surface area contributed by atoms with Crippen molar-refractivity contribution in [3.63, 3.8) is 0 Å². The Morgan fingerprint density at radius 1 is 1.11 bits per heavy atom. The molecule has 6 nitrogen and oxygen atoms in total. The van der Waals surface area contributed by atoms with Crippen molar-refractivity contribution in [3.05, 3.63) is 0 Å². The van der Waals surface area contributed by atoms with E-state index in [1.165, 1.54) is 7.11 Å². The van der Waals surface area contributed by atoms with Crippen LogP contribution in [0, 0.1) is 0 Å². The fourth-order valence-corrected chi connectivity index (χ4v) is 1.29. The predicted octanol–water partition coefficient (Wildman–Crippen LogP) is 0.268. The molecule has 106 valence electrons. The van der Waals surface area contributed by atoms with Crippen molar-refractivity contribution in [2.75, 3.05) is 7.11 Å². The summed E-state index contributed by atoms with van der Waals surface area (Å²) in [7, 11) is 1.22. The zero-order valence-corrected chi connectivity index (χ0v) is 10.9. The first-order valence-corrected chi connectivity index (χ1v) is 6.08. The Labute approximate surface area is 135 Å². The van der Waals surface area contributed by atoms with E-state index in [1.807, 2.05) is 6.92 Å². The van der Waals surface area contributed by atoms with Gasteiger partial charge in [-0.2, -0.15) is 0 Å². The van der Waals surface area contributed by atoms with E-state index < -0.39 is 23.9 Å². The molecule has 0 rings (SSSR count). The molecule has 0 fully saturated rings. The van der Waals surface area contributed by atoms with E-state index in [4.69, 9.17) is 5.73 Å². The van der Waals surface area contributed by atoms with E-state index in [9.17, 15) is 14.4 Å². The van der Waals surface area contributed by atoms with Crippen molar-refractivity contribution >= 4 is 47.5 Å². The van der Waals surface area contributed by atoms with Gasteiger partial charge in [-0.05, 0) is 12.8 Å². The van der Waals surface area contributed by atoms with Crippen LogP contribution in [-0.4, -0.2) is 60.6 Å². The normalized spacial score (nSPS) is 11.1. The topological polar surface area (TPSA) is 95.7 Å². The average molecular weight is 283 g/mol. The molecule has 0 aromatic carbocycles. The third-order valence-electron chi connectivity index (χ3n) is 2.38. The second-order valence-electron chi connectivity index (χ2n) is 3.97. The van der Waals surface area contributed by atoms with Crippen LogP contribution in [0.1, 0.15) is 45.4 Å². The summed E-state index contributed by atoms with van der Waals surface area (Å²) < 4.78 is 8.98. The van der Waals surface area contributed by atoms with E-state index in [1.54, 1.807) is 0 Å². The second kappa shape index (κ2) is 12.6. The molecule has 0 saturated heterocycles. The molecule has 0 radical (unpaired) electrons. The summed E-state index contributed by atoms with van der Waals surface area (Å²) >= 11 is 0. The van der Waals surface area contributed by atoms with Crippen molar-refractivity contribution in [3.8, 4) is 0 Å². The van der Waals surface area contributed by atoms with Crippen molar-refractivity contribution < 1.29 is 23.9 Å². The molecule has 7 heteroatoms. The molecular weight excluding hydrogens is 261 g/mol. The van der Waals surface area contributed by atoms with Gasteiger partial charge < -0.3 is 15.2 Å². The fraction of sp³-hybridized carbons (Fsp3) is 0.750. The third-order valence-corrected chi connectivity index (χ3v) is 2.38. The summed E-state index contributed by atoms with van der Waals surface area (Å²) in [5, 5.41) is 0. The first-order chi connectivity index (χ1) is 8.51. The van der Waals surface area contributed by atoms with Crippen LogP contribution < -0.4 is 5.73 Å². The number of ether oxygens (including phenoxy) is 2. The van der Waals surface area contributed by atoms with Gasteiger partial charge in [0.1, 0.15) is 6.04 Å². The zero-order valence-electron chi connectivity index (χ0n) is 10.9. The molecule has 1 atom stereocenters. The standard InChI is InChI=1S/C12H21NO5.Na.H/c1-3-4-5-6-10(14)18-11(15)8-7-9(13)12(16)17-2;;/h9H,3-8,13H2,1-2H3;;. The summed E-state index contributed by atoms with van der Waals surface area (Å²) in [6.45, 7) is 2.02. The molecule has 0 aromatic heterocycles. The fourth-order valence-electron chi connectivity index (χ4n) is 1.29. The van der Waals surface area contributed by atoms with Gasteiger partial charge in [0, 0.05) is 12.8 Å². The van der Waals surface area contributed by atoms with E-state index in [0.717, 1.165) is 12.8 Å². The summed E-state index contributed by atoms with van der Waals surface area (Å²) in [5.41, 5.74) is 5.44. The van der Waals surface area contributed by atoms with Crippen LogP contribution in [0.3, 0.4) is 0 Å². The summed E-state index contributed by atoms with van der Waals surface area (Å²) in [5.74, 6) is -1.77. The van der Waals surface area contributed by atoms with Gasteiger partial charge >= 0.3 is 47.5 Å². The number of unbranched alkanes of at least 4 members (excludes halogenated alkanes) is 2. The van der Waals surface area contributed by atoms with Crippen LogP contribution >= 0.6 is 0 Å². The van der Waals surface area contributed by atoms with Gasteiger partial charge in [-0.3, -0.25) is 14.4 Å². The van der Waals surface area contributed by atoms with Crippen LogP contribution in [-0.2, 0) is 23.9 Å². The van der Waals surface area contributed by atoms with Gasteiger partial charge in [0.25, 0.3) is 0 Å². The van der Waals surface area contributed by atoms with E-state index in [2.05, 4.69) is 9.47 Å². The van der Waals surface area contributed by atoms with Crippen LogP contribution in [0.5, 0.6) is 0 Å². The van der Waals surface area contributed by atoms with E-state index in [0.29, 0.717) is 6.42 Å². The molecule has 0 aliphatic heterocycles. The molecule has 0 aliphatic carbocycles. The summed E-state index contributed by atoms with van der Waals surface area (Å²) in [6.07, 6.45) is 2.90. The molecule has 0 bridgehead atoms. The predicted molar refractivity (Wildman–Crippen MR) is 71.6 cm³/mol. The third kappa shape index (κ3) is 11.1. The maximum absolute atomic E-state index is 11.3. The molecule has 0 saturated carbocycles. The zero-order chi connectivity index (χ0) is 14.0. The number of carbonyl (C=O) groups excluding carboxylic acids is 3. The van der Waals surface area contributed by atoms with Crippen molar-refractivity contribution in [2.45, 2.75) is 51.5 Å². The van der Waals surface area contributed by atoms with Crippen LogP contribution in [0.4, 0.5) is 0 Å². The maximum atomic E-state index is 11.3. The number of esters is 3. The van der Waals surface area contributed by atoms with E-state index in [-0.39, 0.29) is 48.8 Å². The molecule has 1 unspecified atom stereocenters. The van der Waals surface area contributed by atoms with Gasteiger partial charge in [0.2, 0.25) is 0 Å². The number of methoxy groups -OCH3 is 1. The minimum absolute atomic E-state index is 0. The number of rotatable bonds is 8. The van der Waals surface area contributed by atoms with E-state index >= 15 is 0 Å². The van der Waals surface area contributed by atoms with Crippen molar-refractivity contribution in [1.82, 2.24) is 0 Å². The SMILES string of the molecule is CCCCCC(=O)OC(=O)CCC(N)C(=O)OC.[NaH]. The molecule has 0 aromatic rings. The van der Waals surface area contributed by atoms with Gasteiger partial charge in [0.15, 0.2) is 0 Å². The summed E-state index contributed by atoms with van der Waals surface area (Å²) in [6, 6.07) is -0.863. The molecule has 19 heavy (non-hydrogen) atoms. The Kier molecular flexibility index (Phi) is 13.8. The minimum atomic E-state index is -0.863. The van der Waals surface area contributed by atoms with Gasteiger partial charge in [-0.15, -0.1) is 0 Å². The first-order valence-electron chi connectivity index (χ1n) is 6.08. The number of carbonyl (C=O) groups is 3. The Balaban J connectivity index is 0. The van der Waals surface area contributed by atoms with Gasteiger partial charge in [-0.1, -0.05) is 19.8 Å². The quantitative estimate of drug-likeness (QED) is 0.297. The van der Waals surface area contributed by atoms with Crippen LogP contribution in [0.25, 0.3) is 0 Å². The summed E-state index contributed by atoms with van der Waals surface area (Å²) in [4.78, 5) is 33.4. The van der Waals surface area contributed by atoms with Crippen LogP contribution in [0.15, 0.2) is 0 Å². The average Bonchev–Trinajstić information content (AvgIpc) is 2.35. The number of hydrogen-bond acceptors (Lipinski definition) is 6. The molecule has 0 amide bonds. The number of hydrogen-bond donors (Lipinski definition) is 1. The molecule has 2 N–H and O–H groups in total. The monoisotopic (exact) mass is 283 g/mol. The van der Waals surface area contributed by atoms with Gasteiger partial charge in [0.05, 0.1) is 7.11 Å². The second-order valence-corrected chi connectivity index (χ2v) is 3.97. The molecular formula is C12H22NNaO5. The van der Waals surface area contributed by atoms with Gasteiger partial charge in [-0.25, -0.2) is 0 Å². The molecule has 0 aliphatic rings. The first kappa shape index (κ1) is 20.9. The van der Waals surface area contributed by atoms with Crippen LogP contribution in [0.2, 0.25) is 0 Å². The van der Waals surface area contributed by atoms with Crippen molar-refractivity contribution in [2.24, 2.45) is 5.73 Å². The Bertz CT molecular complexity index is 296.